The number of thiazole rings is 1. The number of rotatable bonds is 4. The molecule has 2 aromatic heterocycles. The lowest BCUT2D eigenvalue weighted by molar-refractivity contribution is 0.252. The molecule has 0 aliphatic rings. The SMILES string of the molecule is Cc1csc(NC(=O)NCCc2nc3ccc(F)cc3[nH]2)n1. The zero-order chi connectivity index (χ0) is 15.5. The number of aryl methyl sites for hydroxylation is 1. The van der Waals surface area contributed by atoms with Gasteiger partial charge in [0.25, 0.3) is 0 Å². The standard InChI is InChI=1S/C14H14FN5OS/c1-8-7-22-14(17-8)20-13(21)16-5-4-12-18-10-3-2-9(15)6-11(10)19-12/h2-3,6-7H,4-5H2,1H3,(H,18,19)(H2,16,17,20,21). The summed E-state index contributed by atoms with van der Waals surface area (Å²) in [7, 11) is 0. The molecule has 2 heterocycles. The van der Waals surface area contributed by atoms with Crippen molar-refractivity contribution in [3.05, 3.63) is 40.9 Å². The van der Waals surface area contributed by atoms with Crippen LogP contribution in [0, 0.1) is 12.7 Å². The van der Waals surface area contributed by atoms with Gasteiger partial charge in [-0.25, -0.2) is 19.2 Å². The summed E-state index contributed by atoms with van der Waals surface area (Å²) >= 11 is 1.37. The van der Waals surface area contributed by atoms with Crippen LogP contribution in [0.15, 0.2) is 23.6 Å². The fraction of sp³-hybridized carbons (Fsp3) is 0.214. The van der Waals surface area contributed by atoms with Crippen molar-refractivity contribution in [1.29, 1.82) is 0 Å². The fourth-order valence-corrected chi connectivity index (χ4v) is 2.68. The first-order valence-corrected chi connectivity index (χ1v) is 7.59. The predicted octanol–water partition coefficient (Wildman–Crippen LogP) is 2.83. The number of amides is 2. The highest BCUT2D eigenvalue weighted by atomic mass is 32.1. The number of urea groups is 1. The van der Waals surface area contributed by atoms with Gasteiger partial charge >= 0.3 is 6.03 Å². The van der Waals surface area contributed by atoms with E-state index in [0.29, 0.717) is 35.0 Å². The molecule has 8 heteroatoms. The summed E-state index contributed by atoms with van der Waals surface area (Å²) in [5.74, 6) is 0.393. The van der Waals surface area contributed by atoms with Crippen LogP contribution in [0.25, 0.3) is 11.0 Å². The van der Waals surface area contributed by atoms with Crippen LogP contribution < -0.4 is 10.6 Å². The normalized spacial score (nSPS) is 10.8. The third-order valence-electron chi connectivity index (χ3n) is 2.98. The Morgan fingerprint density at radius 3 is 3.05 bits per heavy atom. The van der Waals surface area contributed by atoms with Crippen LogP contribution >= 0.6 is 11.3 Å². The molecule has 3 rings (SSSR count). The quantitative estimate of drug-likeness (QED) is 0.691. The third-order valence-corrected chi connectivity index (χ3v) is 3.86. The Labute approximate surface area is 129 Å². The summed E-state index contributed by atoms with van der Waals surface area (Å²) in [6.45, 7) is 2.28. The first kappa shape index (κ1) is 14.5. The minimum atomic E-state index is -0.309. The lowest BCUT2D eigenvalue weighted by Crippen LogP contribution is -2.30. The number of halogens is 1. The summed E-state index contributed by atoms with van der Waals surface area (Å²) in [4.78, 5) is 23.2. The molecule has 0 saturated heterocycles. The highest BCUT2D eigenvalue weighted by molar-refractivity contribution is 7.13. The Bertz CT molecular complexity index is 813. The van der Waals surface area contributed by atoms with Gasteiger partial charge in [-0.1, -0.05) is 0 Å². The molecule has 22 heavy (non-hydrogen) atoms. The maximum atomic E-state index is 13.1. The van der Waals surface area contributed by atoms with Gasteiger partial charge in [0.05, 0.1) is 16.7 Å². The molecule has 0 fully saturated rings. The van der Waals surface area contributed by atoms with E-state index in [4.69, 9.17) is 0 Å². The summed E-state index contributed by atoms with van der Waals surface area (Å²) < 4.78 is 13.1. The van der Waals surface area contributed by atoms with E-state index in [-0.39, 0.29) is 11.8 Å². The van der Waals surface area contributed by atoms with Crippen molar-refractivity contribution in [2.45, 2.75) is 13.3 Å². The van der Waals surface area contributed by atoms with Crippen molar-refractivity contribution in [2.24, 2.45) is 0 Å². The van der Waals surface area contributed by atoms with E-state index in [2.05, 4.69) is 25.6 Å². The number of benzene rings is 1. The first-order valence-electron chi connectivity index (χ1n) is 6.71. The van der Waals surface area contributed by atoms with Gasteiger partial charge in [-0.2, -0.15) is 0 Å². The lowest BCUT2D eigenvalue weighted by atomic mass is 10.3. The van der Waals surface area contributed by atoms with Gasteiger partial charge in [-0.15, -0.1) is 11.3 Å². The summed E-state index contributed by atoms with van der Waals surface area (Å²) in [6, 6.07) is 4.08. The molecule has 0 spiro atoms. The van der Waals surface area contributed by atoms with Gasteiger partial charge in [0, 0.05) is 18.3 Å². The van der Waals surface area contributed by atoms with E-state index in [9.17, 15) is 9.18 Å². The largest absolute Gasteiger partial charge is 0.342 e. The van der Waals surface area contributed by atoms with Gasteiger partial charge in [0.2, 0.25) is 0 Å². The second-order valence-electron chi connectivity index (χ2n) is 4.77. The van der Waals surface area contributed by atoms with Gasteiger partial charge in [-0.05, 0) is 25.1 Å². The fourth-order valence-electron chi connectivity index (χ4n) is 2.00. The molecule has 2 amide bonds. The number of hydrogen-bond donors (Lipinski definition) is 3. The number of fused-ring (bicyclic) bond motifs is 1. The number of aromatic amines is 1. The number of imidazole rings is 1. The van der Waals surface area contributed by atoms with E-state index in [1.54, 1.807) is 6.07 Å². The molecule has 0 unspecified atom stereocenters. The van der Waals surface area contributed by atoms with E-state index in [0.717, 1.165) is 5.69 Å². The number of carbonyl (C=O) groups is 1. The van der Waals surface area contributed by atoms with Crippen LogP contribution in [0.2, 0.25) is 0 Å². The minimum Gasteiger partial charge on any atom is -0.342 e. The smallest absolute Gasteiger partial charge is 0.321 e. The molecule has 0 bridgehead atoms. The van der Waals surface area contributed by atoms with E-state index in [1.165, 1.54) is 23.5 Å². The second-order valence-corrected chi connectivity index (χ2v) is 5.63. The van der Waals surface area contributed by atoms with Crippen LogP contribution in [0.1, 0.15) is 11.5 Å². The lowest BCUT2D eigenvalue weighted by Gasteiger charge is -2.03. The summed E-state index contributed by atoms with van der Waals surface area (Å²) in [6.07, 6.45) is 0.528. The number of nitrogens with one attached hydrogen (secondary N) is 3. The topological polar surface area (TPSA) is 82.7 Å². The molecule has 0 aliphatic carbocycles. The Balaban J connectivity index is 1.52. The monoisotopic (exact) mass is 319 g/mol. The molecule has 114 valence electrons. The first-order chi connectivity index (χ1) is 10.6. The van der Waals surface area contributed by atoms with Crippen molar-refractivity contribution < 1.29 is 9.18 Å². The molecule has 0 saturated carbocycles. The van der Waals surface area contributed by atoms with Crippen molar-refractivity contribution in [3.8, 4) is 0 Å². The average molecular weight is 319 g/mol. The zero-order valence-electron chi connectivity index (χ0n) is 11.8. The summed E-state index contributed by atoms with van der Waals surface area (Å²) in [5.41, 5.74) is 2.23. The number of anilines is 1. The van der Waals surface area contributed by atoms with Crippen LogP contribution in [0.4, 0.5) is 14.3 Å². The number of hydrogen-bond acceptors (Lipinski definition) is 4. The molecule has 6 nitrogen and oxygen atoms in total. The van der Waals surface area contributed by atoms with E-state index >= 15 is 0 Å². The molecule has 0 aliphatic heterocycles. The predicted molar refractivity (Wildman–Crippen MR) is 83.6 cm³/mol. The second kappa shape index (κ2) is 6.10. The highest BCUT2D eigenvalue weighted by Gasteiger charge is 2.06. The Hall–Kier alpha value is -2.48. The van der Waals surface area contributed by atoms with Crippen molar-refractivity contribution in [3.63, 3.8) is 0 Å². The molecule has 1 aromatic carbocycles. The highest BCUT2D eigenvalue weighted by Crippen LogP contribution is 2.14. The van der Waals surface area contributed by atoms with Crippen LogP contribution in [-0.2, 0) is 6.42 Å². The molecule has 3 N–H and O–H groups in total. The van der Waals surface area contributed by atoms with Gasteiger partial charge in [0.1, 0.15) is 11.6 Å². The molecule has 3 aromatic rings. The number of H-pyrrole nitrogens is 1. The van der Waals surface area contributed by atoms with Crippen LogP contribution in [0.3, 0.4) is 0 Å². The maximum absolute atomic E-state index is 13.1. The minimum absolute atomic E-state index is 0.307. The van der Waals surface area contributed by atoms with Crippen molar-refractivity contribution in [1.82, 2.24) is 20.3 Å². The van der Waals surface area contributed by atoms with Crippen molar-refractivity contribution in [2.75, 3.05) is 11.9 Å². The third kappa shape index (κ3) is 3.40. The van der Waals surface area contributed by atoms with Gasteiger partial charge < -0.3 is 10.3 Å². The molecule has 0 radical (unpaired) electrons. The van der Waals surface area contributed by atoms with Crippen molar-refractivity contribution >= 4 is 33.5 Å². The Morgan fingerprint density at radius 2 is 2.27 bits per heavy atom. The van der Waals surface area contributed by atoms with E-state index < -0.39 is 0 Å². The number of nitrogens with zero attached hydrogens (tertiary/aromatic N) is 2. The van der Waals surface area contributed by atoms with Gasteiger partial charge in [0.15, 0.2) is 5.13 Å². The number of aromatic nitrogens is 3. The Morgan fingerprint density at radius 1 is 1.41 bits per heavy atom. The van der Waals surface area contributed by atoms with Crippen LogP contribution in [0.5, 0.6) is 0 Å². The maximum Gasteiger partial charge on any atom is 0.321 e. The molecular weight excluding hydrogens is 305 g/mol. The zero-order valence-corrected chi connectivity index (χ0v) is 12.6. The average Bonchev–Trinajstić information content (AvgIpc) is 3.04. The molecule has 0 atom stereocenters. The van der Waals surface area contributed by atoms with Crippen LogP contribution in [-0.4, -0.2) is 27.5 Å². The van der Waals surface area contributed by atoms with E-state index in [1.807, 2.05) is 12.3 Å². The summed E-state index contributed by atoms with van der Waals surface area (Å²) in [5, 5.41) is 7.82. The number of carbonyl (C=O) groups excluding carboxylic acids is 1. The Kier molecular flexibility index (Phi) is 4.01. The van der Waals surface area contributed by atoms with Gasteiger partial charge in [-0.3, -0.25) is 5.32 Å². The molecular formula is C14H14FN5OS.